The highest BCUT2D eigenvalue weighted by Gasteiger charge is 2.14. The van der Waals surface area contributed by atoms with E-state index in [4.69, 9.17) is 5.73 Å². The van der Waals surface area contributed by atoms with Crippen molar-refractivity contribution in [3.63, 3.8) is 0 Å². The largest absolute Gasteiger partial charge is 0.384 e. The van der Waals surface area contributed by atoms with E-state index in [0.717, 1.165) is 30.9 Å². The lowest BCUT2D eigenvalue weighted by Gasteiger charge is -2.10. The molecule has 14 heavy (non-hydrogen) atoms. The number of rotatable bonds is 5. The van der Waals surface area contributed by atoms with Gasteiger partial charge in [0.05, 0.1) is 12.0 Å². The summed E-state index contributed by atoms with van der Waals surface area (Å²) in [4.78, 5) is 4.37. The quantitative estimate of drug-likeness (QED) is 0.730. The van der Waals surface area contributed by atoms with Crippen LogP contribution in [-0.2, 0) is 6.54 Å². The van der Waals surface area contributed by atoms with Crippen molar-refractivity contribution in [2.45, 2.75) is 39.2 Å². The fourth-order valence-electron chi connectivity index (χ4n) is 1.68. The normalized spacial score (nSPS) is 10.8. The van der Waals surface area contributed by atoms with Gasteiger partial charge in [-0.1, -0.05) is 19.9 Å². The maximum absolute atomic E-state index is 5.99. The van der Waals surface area contributed by atoms with Crippen molar-refractivity contribution >= 4 is 5.82 Å². The van der Waals surface area contributed by atoms with E-state index in [9.17, 15) is 0 Å². The molecular weight excluding hydrogens is 174 g/mol. The third kappa shape index (κ3) is 1.97. The molecule has 0 unspecified atom stereocenters. The van der Waals surface area contributed by atoms with Crippen LogP contribution in [0.15, 0.2) is 19.0 Å². The van der Waals surface area contributed by atoms with E-state index in [1.807, 2.05) is 10.6 Å². The Kier molecular flexibility index (Phi) is 3.74. The van der Waals surface area contributed by atoms with E-state index in [0.29, 0.717) is 5.92 Å². The molecule has 0 bridgehead atoms. The van der Waals surface area contributed by atoms with Gasteiger partial charge in [-0.2, -0.15) is 0 Å². The van der Waals surface area contributed by atoms with Gasteiger partial charge in [0.2, 0.25) is 0 Å². The van der Waals surface area contributed by atoms with Gasteiger partial charge in [-0.25, -0.2) is 4.98 Å². The van der Waals surface area contributed by atoms with Crippen LogP contribution in [0.1, 0.15) is 38.3 Å². The first-order valence-corrected chi connectivity index (χ1v) is 5.15. The van der Waals surface area contributed by atoms with Crippen LogP contribution in [0.3, 0.4) is 0 Å². The Morgan fingerprint density at radius 2 is 2.21 bits per heavy atom. The fourth-order valence-corrected chi connectivity index (χ4v) is 1.68. The number of anilines is 1. The molecule has 0 fully saturated rings. The highest BCUT2D eigenvalue weighted by atomic mass is 15.1. The number of aromatic nitrogens is 2. The zero-order valence-electron chi connectivity index (χ0n) is 9.03. The zero-order valence-corrected chi connectivity index (χ0v) is 9.03. The number of hydrogen-bond donors (Lipinski definition) is 1. The van der Waals surface area contributed by atoms with Gasteiger partial charge in [0, 0.05) is 12.5 Å². The van der Waals surface area contributed by atoms with Crippen LogP contribution < -0.4 is 5.73 Å². The first kappa shape index (κ1) is 10.8. The Bertz CT molecular complexity index is 297. The Morgan fingerprint density at radius 3 is 2.71 bits per heavy atom. The molecule has 0 aliphatic heterocycles. The van der Waals surface area contributed by atoms with Crippen LogP contribution in [0.2, 0.25) is 0 Å². The second-order valence-corrected chi connectivity index (χ2v) is 3.47. The maximum Gasteiger partial charge on any atom is 0.127 e. The molecule has 0 spiro atoms. The van der Waals surface area contributed by atoms with Crippen LogP contribution in [0.4, 0.5) is 5.82 Å². The Morgan fingerprint density at radius 1 is 1.57 bits per heavy atom. The topological polar surface area (TPSA) is 43.8 Å². The average molecular weight is 193 g/mol. The second-order valence-electron chi connectivity index (χ2n) is 3.47. The van der Waals surface area contributed by atoms with Gasteiger partial charge >= 0.3 is 0 Å². The van der Waals surface area contributed by atoms with Gasteiger partial charge in [0.15, 0.2) is 0 Å². The minimum absolute atomic E-state index is 0.487. The lowest BCUT2D eigenvalue weighted by molar-refractivity contribution is 0.628. The molecule has 0 saturated carbocycles. The summed E-state index contributed by atoms with van der Waals surface area (Å²) >= 11 is 0. The van der Waals surface area contributed by atoms with E-state index in [2.05, 4.69) is 25.4 Å². The van der Waals surface area contributed by atoms with Crippen molar-refractivity contribution in [1.29, 1.82) is 0 Å². The molecule has 3 nitrogen and oxygen atoms in total. The summed E-state index contributed by atoms with van der Waals surface area (Å²) in [6.45, 7) is 8.76. The van der Waals surface area contributed by atoms with Crippen molar-refractivity contribution in [2.75, 3.05) is 5.73 Å². The van der Waals surface area contributed by atoms with E-state index in [1.165, 1.54) is 0 Å². The molecule has 1 heterocycles. The molecule has 1 rings (SSSR count). The third-order valence-corrected chi connectivity index (χ3v) is 2.61. The molecule has 2 N–H and O–H groups in total. The highest BCUT2D eigenvalue weighted by molar-refractivity contribution is 5.38. The summed E-state index contributed by atoms with van der Waals surface area (Å²) in [6.07, 6.45) is 5.80. The molecule has 0 atom stereocenters. The third-order valence-electron chi connectivity index (χ3n) is 2.61. The molecule has 3 heteroatoms. The van der Waals surface area contributed by atoms with Crippen molar-refractivity contribution < 1.29 is 0 Å². The van der Waals surface area contributed by atoms with Crippen molar-refractivity contribution in [3.8, 4) is 0 Å². The molecule has 1 aromatic rings. The highest BCUT2D eigenvalue weighted by Crippen LogP contribution is 2.26. The summed E-state index contributed by atoms with van der Waals surface area (Å²) in [5.74, 6) is 1.28. The van der Waals surface area contributed by atoms with Gasteiger partial charge in [-0.3, -0.25) is 0 Å². The van der Waals surface area contributed by atoms with Gasteiger partial charge < -0.3 is 10.3 Å². The van der Waals surface area contributed by atoms with Gasteiger partial charge in [-0.05, 0) is 12.8 Å². The molecule has 0 aliphatic carbocycles. The summed E-state index contributed by atoms with van der Waals surface area (Å²) in [5, 5.41) is 0. The molecule has 1 aromatic heterocycles. The van der Waals surface area contributed by atoms with E-state index < -0.39 is 0 Å². The Balaban J connectivity index is 2.92. The minimum Gasteiger partial charge on any atom is -0.384 e. The summed E-state index contributed by atoms with van der Waals surface area (Å²) < 4.78 is 1.93. The number of hydrogen-bond acceptors (Lipinski definition) is 2. The number of nitrogens with two attached hydrogens (primary N) is 1. The predicted octanol–water partition coefficient (Wildman–Crippen LogP) is 2.55. The number of nitrogen functional groups attached to an aromatic ring is 1. The Hall–Kier alpha value is -1.25. The average Bonchev–Trinajstić information content (AvgIpc) is 2.53. The van der Waals surface area contributed by atoms with Crippen LogP contribution in [0.5, 0.6) is 0 Å². The molecular formula is C11H19N3. The van der Waals surface area contributed by atoms with Crippen LogP contribution in [0.25, 0.3) is 0 Å². The van der Waals surface area contributed by atoms with E-state index in [-0.39, 0.29) is 0 Å². The molecule has 0 saturated heterocycles. The number of allylic oxidation sites excluding steroid dienone is 1. The van der Waals surface area contributed by atoms with Gasteiger partial charge in [-0.15, -0.1) is 6.58 Å². The predicted molar refractivity (Wildman–Crippen MR) is 60.2 cm³/mol. The standard InChI is InChI=1S/C11H19N3/c1-4-7-14-8-13-10(11(14)12)9(5-2)6-3/h4,8-9H,1,5-7,12H2,2-3H3. The summed E-state index contributed by atoms with van der Waals surface area (Å²) in [6, 6.07) is 0. The van der Waals surface area contributed by atoms with Crippen LogP contribution >= 0.6 is 0 Å². The number of imidazole rings is 1. The van der Waals surface area contributed by atoms with Gasteiger partial charge in [0.1, 0.15) is 5.82 Å². The van der Waals surface area contributed by atoms with Crippen LogP contribution in [0, 0.1) is 0 Å². The Labute approximate surface area is 85.6 Å². The first-order valence-electron chi connectivity index (χ1n) is 5.15. The van der Waals surface area contributed by atoms with Crippen molar-refractivity contribution in [1.82, 2.24) is 9.55 Å². The van der Waals surface area contributed by atoms with E-state index in [1.54, 1.807) is 6.33 Å². The summed E-state index contributed by atoms with van der Waals surface area (Å²) in [7, 11) is 0. The molecule has 0 aliphatic rings. The maximum atomic E-state index is 5.99. The second kappa shape index (κ2) is 4.84. The molecule has 0 aromatic carbocycles. The molecule has 78 valence electrons. The fraction of sp³-hybridized carbons (Fsp3) is 0.545. The lowest BCUT2D eigenvalue weighted by atomic mass is 9.99. The minimum atomic E-state index is 0.487. The first-order chi connectivity index (χ1) is 6.74. The lowest BCUT2D eigenvalue weighted by Crippen LogP contribution is -2.04. The summed E-state index contributed by atoms with van der Waals surface area (Å²) in [5.41, 5.74) is 7.03. The van der Waals surface area contributed by atoms with Crippen molar-refractivity contribution in [2.24, 2.45) is 0 Å². The molecule has 0 radical (unpaired) electrons. The smallest absolute Gasteiger partial charge is 0.127 e. The van der Waals surface area contributed by atoms with E-state index >= 15 is 0 Å². The number of nitrogens with zero attached hydrogens (tertiary/aromatic N) is 2. The SMILES string of the molecule is C=CCn1cnc(C(CC)CC)c1N. The van der Waals surface area contributed by atoms with Crippen molar-refractivity contribution in [3.05, 3.63) is 24.7 Å². The van der Waals surface area contributed by atoms with Crippen LogP contribution in [-0.4, -0.2) is 9.55 Å². The monoisotopic (exact) mass is 193 g/mol. The van der Waals surface area contributed by atoms with Gasteiger partial charge in [0.25, 0.3) is 0 Å². The zero-order chi connectivity index (χ0) is 10.6. The molecule has 0 amide bonds.